The number of hydrazine groups is 2. The van der Waals surface area contributed by atoms with Crippen molar-refractivity contribution in [3.8, 4) is 6.07 Å². The standard InChI is InChI=1S/C26H28ClFN8/c1-26(2,3)14-32-22-15(11-29)12-31-23-19(22)9-16(10-20(23)27)33-24(18-5-4-8-30-25(18)28)21-13-36(35-34-21)17-6-7-17/h4-5,8-10,12-13,17,24,33-35H,6-7,14H2,1-3H3,(H,31,32)/i24D. The van der Waals surface area contributed by atoms with Gasteiger partial charge < -0.3 is 16.1 Å². The molecule has 36 heavy (non-hydrogen) atoms. The van der Waals surface area contributed by atoms with Crippen molar-refractivity contribution in [2.45, 2.75) is 45.7 Å². The first-order valence-electron chi connectivity index (χ1n) is 12.3. The van der Waals surface area contributed by atoms with Crippen molar-refractivity contribution in [1.29, 1.82) is 5.26 Å². The van der Waals surface area contributed by atoms with E-state index in [1.54, 1.807) is 24.4 Å². The maximum absolute atomic E-state index is 15.0. The number of hydrogen-bond donors (Lipinski definition) is 4. The van der Waals surface area contributed by atoms with E-state index in [9.17, 15) is 11.0 Å². The average molecular weight is 508 g/mol. The van der Waals surface area contributed by atoms with Crippen molar-refractivity contribution >= 4 is 33.9 Å². The Labute approximate surface area is 215 Å². The van der Waals surface area contributed by atoms with Gasteiger partial charge >= 0.3 is 0 Å². The third-order valence-electron chi connectivity index (χ3n) is 5.94. The molecule has 1 aliphatic carbocycles. The predicted octanol–water partition coefficient (Wildman–Crippen LogP) is 5.23. The number of nitrogens with zero attached hydrogens (tertiary/aromatic N) is 4. The second kappa shape index (κ2) is 9.45. The molecule has 0 saturated heterocycles. The van der Waals surface area contributed by atoms with Crippen LogP contribution >= 0.6 is 11.6 Å². The van der Waals surface area contributed by atoms with Gasteiger partial charge in [0.15, 0.2) is 0 Å². The number of aromatic nitrogens is 2. The highest BCUT2D eigenvalue weighted by Gasteiger charge is 2.33. The Hall–Kier alpha value is -3.61. The third-order valence-corrected chi connectivity index (χ3v) is 6.22. The molecule has 1 unspecified atom stereocenters. The summed E-state index contributed by atoms with van der Waals surface area (Å²) < 4.78 is 24.4. The summed E-state index contributed by atoms with van der Waals surface area (Å²) in [7, 11) is 0. The molecule has 3 aromatic rings. The molecule has 0 spiro atoms. The maximum Gasteiger partial charge on any atom is 0.218 e. The lowest BCUT2D eigenvalue weighted by Gasteiger charge is -2.23. The summed E-state index contributed by atoms with van der Waals surface area (Å²) in [5, 5.41) is 19.1. The fourth-order valence-corrected chi connectivity index (χ4v) is 4.23. The summed E-state index contributed by atoms with van der Waals surface area (Å²) in [5.41, 5.74) is 8.44. The lowest BCUT2D eigenvalue weighted by atomic mass is 9.96. The molecule has 10 heteroatoms. The highest BCUT2D eigenvalue weighted by Crippen LogP contribution is 2.37. The Bertz CT molecular complexity index is 1430. The van der Waals surface area contributed by atoms with Gasteiger partial charge in [-0.2, -0.15) is 9.65 Å². The molecule has 1 aliphatic heterocycles. The van der Waals surface area contributed by atoms with Crippen molar-refractivity contribution in [2.24, 2.45) is 5.41 Å². The average Bonchev–Trinajstić information content (AvgIpc) is 3.57. The molecule has 0 radical (unpaired) electrons. The fraction of sp³-hybridized carbons (Fsp3) is 0.346. The molecule has 186 valence electrons. The van der Waals surface area contributed by atoms with Gasteiger partial charge in [0.1, 0.15) is 6.07 Å². The molecule has 5 rings (SSSR count). The van der Waals surface area contributed by atoms with Crippen LogP contribution in [0.3, 0.4) is 0 Å². The van der Waals surface area contributed by atoms with Gasteiger partial charge in [-0.05, 0) is 36.5 Å². The van der Waals surface area contributed by atoms with E-state index in [0.717, 1.165) is 12.8 Å². The molecule has 1 fully saturated rings. The van der Waals surface area contributed by atoms with Crippen LogP contribution < -0.4 is 21.6 Å². The lowest BCUT2D eigenvalue weighted by molar-refractivity contribution is 0.260. The smallest absolute Gasteiger partial charge is 0.218 e. The molecule has 3 heterocycles. The first-order chi connectivity index (χ1) is 17.6. The number of rotatable bonds is 7. The molecular formula is C26H28ClFN8. The second-order valence-corrected chi connectivity index (χ2v) is 10.6. The highest BCUT2D eigenvalue weighted by molar-refractivity contribution is 6.35. The molecule has 0 amide bonds. The second-order valence-electron chi connectivity index (χ2n) is 10.2. The highest BCUT2D eigenvalue weighted by atomic mass is 35.5. The zero-order valence-electron chi connectivity index (χ0n) is 21.3. The van der Waals surface area contributed by atoms with E-state index < -0.39 is 12.0 Å². The van der Waals surface area contributed by atoms with Gasteiger partial charge in [-0.3, -0.25) is 9.99 Å². The SMILES string of the molecule is [2H]C(Nc1cc(Cl)c2ncc(C#N)c(NCC(C)(C)C)c2c1)(C1=CN(C2CC2)NN1)c1cccnc1F. The van der Waals surface area contributed by atoms with E-state index in [0.29, 0.717) is 51.1 Å². The fourth-order valence-electron chi connectivity index (χ4n) is 3.96. The minimum Gasteiger partial charge on any atom is -0.383 e. The molecule has 8 nitrogen and oxygen atoms in total. The van der Waals surface area contributed by atoms with Crippen LogP contribution in [0.15, 0.2) is 48.6 Å². The molecule has 2 aromatic heterocycles. The van der Waals surface area contributed by atoms with Gasteiger partial charge in [0, 0.05) is 47.8 Å². The number of fused-ring (bicyclic) bond motifs is 1. The summed E-state index contributed by atoms with van der Waals surface area (Å²) in [4.78, 5) is 8.18. The molecule has 1 saturated carbocycles. The largest absolute Gasteiger partial charge is 0.383 e. The lowest BCUT2D eigenvalue weighted by Crippen LogP contribution is -2.38. The van der Waals surface area contributed by atoms with E-state index in [1.165, 1.54) is 18.5 Å². The Morgan fingerprint density at radius 2 is 2.17 bits per heavy atom. The molecule has 2 aliphatic rings. The van der Waals surface area contributed by atoms with Crippen LogP contribution in [0.2, 0.25) is 5.02 Å². The van der Waals surface area contributed by atoms with Crippen LogP contribution in [0.5, 0.6) is 0 Å². The quantitative estimate of drug-likeness (QED) is 0.322. The van der Waals surface area contributed by atoms with E-state index in [2.05, 4.69) is 58.4 Å². The number of pyridine rings is 2. The van der Waals surface area contributed by atoms with E-state index in [1.807, 2.05) is 5.01 Å². The Balaban J connectivity index is 1.61. The Morgan fingerprint density at radius 3 is 2.86 bits per heavy atom. The number of hydrogen-bond acceptors (Lipinski definition) is 8. The van der Waals surface area contributed by atoms with Crippen LogP contribution in [-0.4, -0.2) is 27.6 Å². The Kier molecular flexibility index (Phi) is 5.99. The predicted molar refractivity (Wildman–Crippen MR) is 139 cm³/mol. The zero-order chi connectivity index (χ0) is 26.4. The van der Waals surface area contributed by atoms with Crippen molar-refractivity contribution in [2.75, 3.05) is 17.2 Å². The van der Waals surface area contributed by atoms with Gasteiger partial charge in [0.2, 0.25) is 5.95 Å². The van der Waals surface area contributed by atoms with Crippen molar-refractivity contribution in [1.82, 2.24) is 25.9 Å². The van der Waals surface area contributed by atoms with Gasteiger partial charge in [-0.15, -0.1) is 5.53 Å². The summed E-state index contributed by atoms with van der Waals surface area (Å²) in [6, 6.07) is 7.30. The molecule has 4 N–H and O–H groups in total. The number of nitrogens with one attached hydrogen (secondary N) is 4. The first kappa shape index (κ1) is 22.8. The summed E-state index contributed by atoms with van der Waals surface area (Å²) in [6.45, 7) is 6.88. The minimum atomic E-state index is -1.77. The van der Waals surface area contributed by atoms with Crippen LogP contribution in [0.25, 0.3) is 10.9 Å². The van der Waals surface area contributed by atoms with Crippen LogP contribution in [0.4, 0.5) is 15.8 Å². The number of benzene rings is 1. The van der Waals surface area contributed by atoms with Crippen molar-refractivity contribution in [3.63, 3.8) is 0 Å². The number of halogens is 2. The maximum atomic E-state index is 15.0. The van der Waals surface area contributed by atoms with E-state index >= 15 is 0 Å². The monoisotopic (exact) mass is 507 g/mol. The molecule has 1 aromatic carbocycles. The van der Waals surface area contributed by atoms with Crippen LogP contribution in [-0.2, 0) is 0 Å². The van der Waals surface area contributed by atoms with Crippen molar-refractivity contribution < 1.29 is 5.76 Å². The zero-order valence-corrected chi connectivity index (χ0v) is 21.0. The summed E-state index contributed by atoms with van der Waals surface area (Å²) in [5.74, 6) is -0.759. The number of nitriles is 1. The third kappa shape index (κ3) is 5.01. The minimum absolute atomic E-state index is 0.0411. The topological polar surface area (TPSA) is 101 Å². The summed E-state index contributed by atoms with van der Waals surface area (Å²) >= 11 is 6.65. The van der Waals surface area contributed by atoms with E-state index in [-0.39, 0.29) is 11.0 Å². The van der Waals surface area contributed by atoms with Gasteiger partial charge in [0.05, 0.1) is 34.9 Å². The number of anilines is 2. The molecular weight excluding hydrogens is 479 g/mol. The van der Waals surface area contributed by atoms with E-state index in [4.69, 9.17) is 11.6 Å². The van der Waals surface area contributed by atoms with Gasteiger partial charge in [-0.25, -0.2) is 4.98 Å². The Morgan fingerprint density at radius 1 is 1.36 bits per heavy atom. The normalized spacial score (nSPS) is 17.6. The van der Waals surface area contributed by atoms with Crippen LogP contribution in [0, 0.1) is 22.7 Å². The molecule has 1 atom stereocenters. The van der Waals surface area contributed by atoms with Gasteiger partial charge in [0.25, 0.3) is 0 Å². The van der Waals surface area contributed by atoms with Gasteiger partial charge in [-0.1, -0.05) is 38.4 Å². The molecule has 0 bridgehead atoms. The van der Waals surface area contributed by atoms with Crippen LogP contribution in [0.1, 0.15) is 52.1 Å². The van der Waals surface area contributed by atoms with Crippen molar-refractivity contribution in [3.05, 3.63) is 70.7 Å². The first-order valence-corrected chi connectivity index (χ1v) is 12.1. The summed E-state index contributed by atoms with van der Waals surface area (Å²) in [6.07, 6.45) is 6.70.